The van der Waals surface area contributed by atoms with Crippen LogP contribution in [-0.4, -0.2) is 39.7 Å². The highest BCUT2D eigenvalue weighted by molar-refractivity contribution is 5.93. The maximum atomic E-state index is 12.3. The highest BCUT2D eigenvalue weighted by Crippen LogP contribution is 2.19. The molecule has 1 aliphatic heterocycles. The van der Waals surface area contributed by atoms with E-state index in [0.717, 1.165) is 11.4 Å². The number of carbonyl (C=O) groups is 1. The Balaban J connectivity index is 2.13. The van der Waals surface area contributed by atoms with Gasteiger partial charge in [0.2, 0.25) is 0 Å². The minimum atomic E-state index is -0.269. The summed E-state index contributed by atoms with van der Waals surface area (Å²) in [6.45, 7) is 5.26. The Morgan fingerprint density at radius 3 is 2.71 bits per heavy atom. The van der Waals surface area contributed by atoms with Gasteiger partial charge in [-0.25, -0.2) is 0 Å². The molecule has 1 aromatic heterocycles. The van der Waals surface area contributed by atoms with Crippen LogP contribution in [0.5, 0.6) is 0 Å². The van der Waals surface area contributed by atoms with E-state index in [4.69, 9.17) is 0 Å². The van der Waals surface area contributed by atoms with Crippen LogP contribution in [0.4, 0.5) is 0 Å². The molecule has 2 heterocycles. The van der Waals surface area contributed by atoms with Gasteiger partial charge >= 0.3 is 0 Å². The summed E-state index contributed by atoms with van der Waals surface area (Å²) in [7, 11) is 1.91. The molecule has 0 spiro atoms. The molecule has 1 amide bonds. The zero-order valence-corrected chi connectivity index (χ0v) is 10.7. The molecule has 0 aromatic carbocycles. The van der Waals surface area contributed by atoms with Crippen molar-refractivity contribution < 1.29 is 9.90 Å². The van der Waals surface area contributed by atoms with Crippen LogP contribution in [0.3, 0.4) is 0 Å². The highest BCUT2D eigenvalue weighted by atomic mass is 16.3. The first kappa shape index (κ1) is 12.2. The van der Waals surface area contributed by atoms with Gasteiger partial charge in [-0.3, -0.25) is 4.79 Å². The third kappa shape index (κ3) is 2.22. The fourth-order valence-electron chi connectivity index (χ4n) is 2.31. The number of aryl methyl sites for hydroxylation is 1. The molecule has 0 aliphatic carbocycles. The molecule has 4 nitrogen and oxygen atoms in total. The molecule has 1 aromatic rings. The topological polar surface area (TPSA) is 45.5 Å². The highest BCUT2D eigenvalue weighted by Gasteiger charge is 2.28. The average Bonchev–Trinajstić information content (AvgIpc) is 2.63. The van der Waals surface area contributed by atoms with Gasteiger partial charge in [-0.1, -0.05) is 6.92 Å². The largest absolute Gasteiger partial charge is 0.393 e. The van der Waals surface area contributed by atoms with Crippen LogP contribution in [0.1, 0.15) is 29.5 Å². The number of amides is 1. The Kier molecular flexibility index (Phi) is 3.24. The van der Waals surface area contributed by atoms with Crippen molar-refractivity contribution in [3.63, 3.8) is 0 Å². The van der Waals surface area contributed by atoms with Gasteiger partial charge in [-0.2, -0.15) is 0 Å². The average molecular weight is 236 g/mol. The standard InChI is InChI=1S/C13H20N2O2/c1-9-8-15(7-6-12(9)16)13(17)11-5-4-10(2)14(11)3/h4-5,9,12,16H,6-8H2,1-3H3. The zero-order valence-electron chi connectivity index (χ0n) is 10.7. The van der Waals surface area contributed by atoms with Crippen molar-refractivity contribution in [3.8, 4) is 0 Å². The number of aliphatic hydroxyl groups excluding tert-OH is 1. The Hall–Kier alpha value is -1.29. The van der Waals surface area contributed by atoms with Gasteiger partial charge < -0.3 is 14.6 Å². The molecule has 1 N–H and O–H groups in total. The van der Waals surface area contributed by atoms with Gasteiger partial charge in [-0.15, -0.1) is 0 Å². The van der Waals surface area contributed by atoms with Gasteiger partial charge in [0.1, 0.15) is 5.69 Å². The van der Waals surface area contributed by atoms with Gasteiger partial charge in [0.05, 0.1) is 6.10 Å². The van der Waals surface area contributed by atoms with E-state index >= 15 is 0 Å². The van der Waals surface area contributed by atoms with Crippen LogP contribution in [0, 0.1) is 12.8 Å². The Bertz CT molecular complexity index is 425. The van der Waals surface area contributed by atoms with E-state index in [1.165, 1.54) is 0 Å². The molecule has 0 radical (unpaired) electrons. The van der Waals surface area contributed by atoms with E-state index in [-0.39, 0.29) is 17.9 Å². The molecular weight excluding hydrogens is 216 g/mol. The van der Waals surface area contributed by atoms with Crippen molar-refractivity contribution in [1.82, 2.24) is 9.47 Å². The molecule has 0 saturated carbocycles. The minimum Gasteiger partial charge on any atom is -0.393 e. The first-order valence-electron chi connectivity index (χ1n) is 6.10. The van der Waals surface area contributed by atoms with Gasteiger partial charge in [0, 0.05) is 25.8 Å². The number of hydrogen-bond donors (Lipinski definition) is 1. The monoisotopic (exact) mass is 236 g/mol. The summed E-state index contributed by atoms with van der Waals surface area (Å²) in [5, 5.41) is 9.66. The number of piperidine rings is 1. The molecule has 4 heteroatoms. The number of carbonyl (C=O) groups excluding carboxylic acids is 1. The summed E-state index contributed by atoms with van der Waals surface area (Å²) in [4.78, 5) is 14.1. The number of hydrogen-bond acceptors (Lipinski definition) is 2. The summed E-state index contributed by atoms with van der Waals surface area (Å²) in [5.74, 6) is 0.230. The van der Waals surface area contributed by atoms with Gasteiger partial charge in [-0.05, 0) is 31.4 Å². The van der Waals surface area contributed by atoms with Crippen LogP contribution < -0.4 is 0 Å². The van der Waals surface area contributed by atoms with Crippen molar-refractivity contribution in [2.45, 2.75) is 26.4 Å². The zero-order chi connectivity index (χ0) is 12.6. The van der Waals surface area contributed by atoms with Gasteiger partial charge in [0.15, 0.2) is 0 Å². The van der Waals surface area contributed by atoms with Crippen molar-refractivity contribution >= 4 is 5.91 Å². The summed E-state index contributed by atoms with van der Waals surface area (Å²) >= 11 is 0. The maximum absolute atomic E-state index is 12.3. The van der Waals surface area contributed by atoms with Crippen LogP contribution in [-0.2, 0) is 7.05 Å². The predicted molar refractivity (Wildman–Crippen MR) is 65.8 cm³/mol. The third-order valence-electron chi connectivity index (χ3n) is 3.74. The molecule has 1 fully saturated rings. The molecule has 2 rings (SSSR count). The second kappa shape index (κ2) is 4.53. The van der Waals surface area contributed by atoms with E-state index in [1.807, 2.05) is 42.5 Å². The van der Waals surface area contributed by atoms with Crippen molar-refractivity contribution in [2.75, 3.05) is 13.1 Å². The third-order valence-corrected chi connectivity index (χ3v) is 3.74. The second-order valence-electron chi connectivity index (χ2n) is 5.00. The fraction of sp³-hybridized carbons (Fsp3) is 0.615. The van der Waals surface area contributed by atoms with Crippen LogP contribution in [0.15, 0.2) is 12.1 Å². The molecule has 2 unspecified atom stereocenters. The molecule has 2 atom stereocenters. The quantitative estimate of drug-likeness (QED) is 0.795. The first-order valence-corrected chi connectivity index (χ1v) is 6.10. The summed E-state index contributed by atoms with van der Waals surface area (Å²) in [6.07, 6.45) is 0.408. The van der Waals surface area contributed by atoms with Crippen LogP contribution in [0.25, 0.3) is 0 Å². The molecule has 0 bridgehead atoms. The number of nitrogens with zero attached hydrogens (tertiary/aromatic N) is 2. The fourth-order valence-corrected chi connectivity index (χ4v) is 2.31. The molecule has 17 heavy (non-hydrogen) atoms. The maximum Gasteiger partial charge on any atom is 0.270 e. The van der Waals surface area contributed by atoms with E-state index in [2.05, 4.69) is 0 Å². The lowest BCUT2D eigenvalue weighted by molar-refractivity contribution is 0.0292. The summed E-state index contributed by atoms with van der Waals surface area (Å²) in [6, 6.07) is 3.82. The SMILES string of the molecule is Cc1ccc(C(=O)N2CCC(O)C(C)C2)n1C. The van der Waals surface area contributed by atoms with E-state index in [1.54, 1.807) is 0 Å². The lowest BCUT2D eigenvalue weighted by atomic mass is 9.96. The smallest absolute Gasteiger partial charge is 0.270 e. The van der Waals surface area contributed by atoms with Crippen molar-refractivity contribution in [3.05, 3.63) is 23.5 Å². The number of rotatable bonds is 1. The first-order chi connectivity index (χ1) is 8.00. The van der Waals surface area contributed by atoms with Crippen LogP contribution >= 0.6 is 0 Å². The molecular formula is C13H20N2O2. The van der Waals surface area contributed by atoms with Gasteiger partial charge in [0.25, 0.3) is 5.91 Å². The molecule has 1 aliphatic rings. The number of aromatic nitrogens is 1. The molecule has 1 saturated heterocycles. The van der Waals surface area contributed by atoms with E-state index in [9.17, 15) is 9.90 Å². The number of likely N-dealkylation sites (tertiary alicyclic amines) is 1. The second-order valence-corrected chi connectivity index (χ2v) is 5.00. The van der Waals surface area contributed by atoms with E-state index < -0.39 is 0 Å². The summed E-state index contributed by atoms with van der Waals surface area (Å²) < 4.78 is 1.91. The van der Waals surface area contributed by atoms with Crippen molar-refractivity contribution in [1.29, 1.82) is 0 Å². The predicted octanol–water partition coefficient (Wildman–Crippen LogP) is 1.18. The normalized spacial score (nSPS) is 25.1. The van der Waals surface area contributed by atoms with E-state index in [0.29, 0.717) is 19.5 Å². The summed E-state index contributed by atoms with van der Waals surface area (Å²) in [5.41, 5.74) is 1.81. The Morgan fingerprint density at radius 1 is 1.47 bits per heavy atom. The minimum absolute atomic E-state index is 0.0688. The van der Waals surface area contributed by atoms with Crippen LogP contribution in [0.2, 0.25) is 0 Å². The Labute approximate surface area is 102 Å². The lowest BCUT2D eigenvalue weighted by Gasteiger charge is -2.34. The lowest BCUT2D eigenvalue weighted by Crippen LogP contribution is -2.45. The number of aliphatic hydroxyl groups is 1. The van der Waals surface area contributed by atoms with Crippen molar-refractivity contribution in [2.24, 2.45) is 13.0 Å². The molecule has 94 valence electrons. The Morgan fingerprint density at radius 2 is 2.18 bits per heavy atom.